The monoisotopic (exact) mass is 270 g/mol. The zero-order chi connectivity index (χ0) is 11.0. The van der Waals surface area contributed by atoms with Crippen molar-refractivity contribution in [3.63, 3.8) is 0 Å². The number of hydrogen-bond acceptors (Lipinski definition) is 2. The van der Waals surface area contributed by atoms with Crippen molar-refractivity contribution in [2.24, 2.45) is 5.10 Å². The van der Waals surface area contributed by atoms with E-state index in [2.05, 4.69) is 21.0 Å². The van der Waals surface area contributed by atoms with Gasteiger partial charge >= 0.3 is 0 Å². The molecule has 2 rings (SSSR count). The van der Waals surface area contributed by atoms with E-state index in [9.17, 15) is 9.18 Å². The molecule has 1 heterocycles. The standard InChI is InChI=1S/C10H8BrFN2O/c1-14-10(15)5-9(13-14)7-3-2-6(12)4-8(7)11/h2-4H,5H2,1H3. The Morgan fingerprint density at radius 3 is 2.80 bits per heavy atom. The number of hydrogen-bond donors (Lipinski definition) is 0. The lowest BCUT2D eigenvalue weighted by Crippen LogP contribution is -2.14. The third kappa shape index (κ3) is 1.92. The number of carbonyl (C=O) groups excluding carboxylic acids is 1. The zero-order valence-corrected chi connectivity index (χ0v) is 9.58. The summed E-state index contributed by atoms with van der Waals surface area (Å²) < 4.78 is 13.5. The highest BCUT2D eigenvalue weighted by atomic mass is 79.9. The van der Waals surface area contributed by atoms with Gasteiger partial charge in [-0.2, -0.15) is 5.10 Å². The molecule has 1 amide bonds. The van der Waals surface area contributed by atoms with Crippen LogP contribution in [0.5, 0.6) is 0 Å². The minimum atomic E-state index is -0.316. The summed E-state index contributed by atoms with van der Waals surface area (Å²) in [5.41, 5.74) is 1.42. The summed E-state index contributed by atoms with van der Waals surface area (Å²) in [4.78, 5) is 11.3. The maximum Gasteiger partial charge on any atom is 0.248 e. The minimum Gasteiger partial charge on any atom is -0.273 e. The van der Waals surface area contributed by atoms with Crippen molar-refractivity contribution in [1.82, 2.24) is 5.01 Å². The first kappa shape index (κ1) is 10.3. The van der Waals surface area contributed by atoms with Gasteiger partial charge in [0, 0.05) is 17.1 Å². The van der Waals surface area contributed by atoms with Crippen LogP contribution in [-0.4, -0.2) is 23.7 Å². The zero-order valence-electron chi connectivity index (χ0n) is 8.00. The fourth-order valence-corrected chi connectivity index (χ4v) is 1.98. The highest BCUT2D eigenvalue weighted by Crippen LogP contribution is 2.22. The second kappa shape index (κ2) is 3.73. The third-order valence-corrected chi connectivity index (χ3v) is 2.85. The van der Waals surface area contributed by atoms with Crippen LogP contribution in [0.3, 0.4) is 0 Å². The van der Waals surface area contributed by atoms with E-state index in [0.29, 0.717) is 10.2 Å². The molecule has 0 aromatic heterocycles. The molecule has 0 unspecified atom stereocenters. The van der Waals surface area contributed by atoms with Crippen LogP contribution in [0.2, 0.25) is 0 Å². The second-order valence-corrected chi connectivity index (χ2v) is 4.12. The number of hydrazone groups is 1. The van der Waals surface area contributed by atoms with Crippen molar-refractivity contribution < 1.29 is 9.18 Å². The van der Waals surface area contributed by atoms with E-state index < -0.39 is 0 Å². The Kier molecular flexibility index (Phi) is 2.56. The Morgan fingerprint density at radius 1 is 1.53 bits per heavy atom. The normalized spacial score (nSPS) is 15.8. The van der Waals surface area contributed by atoms with Gasteiger partial charge in [0.25, 0.3) is 0 Å². The molecule has 78 valence electrons. The molecular weight excluding hydrogens is 263 g/mol. The molecule has 0 fully saturated rings. The Bertz CT molecular complexity index is 459. The van der Waals surface area contributed by atoms with Gasteiger partial charge in [0.05, 0.1) is 12.1 Å². The van der Waals surface area contributed by atoms with E-state index >= 15 is 0 Å². The molecule has 0 radical (unpaired) electrons. The molecule has 1 aliphatic rings. The smallest absolute Gasteiger partial charge is 0.248 e. The van der Waals surface area contributed by atoms with Crippen molar-refractivity contribution in [1.29, 1.82) is 0 Å². The quantitative estimate of drug-likeness (QED) is 0.770. The molecule has 0 saturated carbocycles. The number of halogens is 2. The number of nitrogens with zero attached hydrogens (tertiary/aromatic N) is 2. The number of carbonyl (C=O) groups is 1. The molecule has 0 saturated heterocycles. The van der Waals surface area contributed by atoms with Crippen LogP contribution in [0, 0.1) is 5.82 Å². The van der Waals surface area contributed by atoms with Crippen LogP contribution in [0.15, 0.2) is 27.8 Å². The van der Waals surface area contributed by atoms with Gasteiger partial charge in [0.15, 0.2) is 0 Å². The molecule has 0 atom stereocenters. The first-order valence-corrected chi connectivity index (χ1v) is 5.16. The fourth-order valence-electron chi connectivity index (χ4n) is 1.40. The Morgan fingerprint density at radius 2 is 2.27 bits per heavy atom. The predicted molar refractivity (Wildman–Crippen MR) is 58.0 cm³/mol. The second-order valence-electron chi connectivity index (χ2n) is 3.26. The molecule has 0 aliphatic carbocycles. The van der Waals surface area contributed by atoms with Gasteiger partial charge in [-0.3, -0.25) is 4.79 Å². The molecule has 1 aromatic rings. The fraction of sp³-hybridized carbons (Fsp3) is 0.200. The highest BCUT2D eigenvalue weighted by Gasteiger charge is 2.22. The summed E-state index contributed by atoms with van der Waals surface area (Å²) in [5, 5.41) is 5.37. The Labute approximate surface area is 94.7 Å². The molecule has 5 heteroatoms. The molecule has 15 heavy (non-hydrogen) atoms. The van der Waals surface area contributed by atoms with Crippen LogP contribution in [0.25, 0.3) is 0 Å². The summed E-state index contributed by atoms with van der Waals surface area (Å²) in [5.74, 6) is -0.370. The van der Waals surface area contributed by atoms with Crippen LogP contribution in [0.1, 0.15) is 12.0 Å². The lowest BCUT2D eigenvalue weighted by molar-refractivity contribution is -0.127. The van der Waals surface area contributed by atoms with Gasteiger partial charge in [0.2, 0.25) is 5.91 Å². The maximum atomic E-state index is 12.8. The van der Waals surface area contributed by atoms with E-state index in [1.165, 1.54) is 17.1 Å². The average Bonchev–Trinajstić information content (AvgIpc) is 2.46. The van der Waals surface area contributed by atoms with E-state index in [4.69, 9.17) is 0 Å². The Balaban J connectivity index is 2.39. The van der Waals surface area contributed by atoms with Crippen molar-refractivity contribution in [3.05, 3.63) is 34.1 Å². The van der Waals surface area contributed by atoms with Gasteiger partial charge in [-0.15, -0.1) is 0 Å². The largest absolute Gasteiger partial charge is 0.273 e. The van der Waals surface area contributed by atoms with E-state index in [1.54, 1.807) is 13.1 Å². The number of benzene rings is 1. The van der Waals surface area contributed by atoms with Gasteiger partial charge in [-0.1, -0.05) is 15.9 Å². The first-order chi connectivity index (χ1) is 7.08. The minimum absolute atomic E-state index is 0.0544. The molecule has 1 aliphatic heterocycles. The Hall–Kier alpha value is -1.23. The van der Waals surface area contributed by atoms with Gasteiger partial charge < -0.3 is 0 Å². The van der Waals surface area contributed by atoms with Crippen LogP contribution in [-0.2, 0) is 4.79 Å². The topological polar surface area (TPSA) is 32.7 Å². The lowest BCUT2D eigenvalue weighted by atomic mass is 10.1. The molecule has 1 aromatic carbocycles. The molecule has 0 bridgehead atoms. The summed E-state index contributed by atoms with van der Waals surface area (Å²) >= 11 is 3.25. The van der Waals surface area contributed by atoms with E-state index in [0.717, 1.165) is 5.56 Å². The third-order valence-electron chi connectivity index (χ3n) is 2.19. The maximum absolute atomic E-state index is 12.8. The molecule has 3 nitrogen and oxygen atoms in total. The molecular formula is C10H8BrFN2O. The highest BCUT2D eigenvalue weighted by molar-refractivity contribution is 9.10. The van der Waals surface area contributed by atoms with E-state index in [1.807, 2.05) is 0 Å². The predicted octanol–water partition coefficient (Wildman–Crippen LogP) is 2.15. The first-order valence-electron chi connectivity index (χ1n) is 4.37. The van der Waals surface area contributed by atoms with Crippen molar-refractivity contribution in [2.75, 3.05) is 7.05 Å². The molecule has 0 spiro atoms. The molecule has 0 N–H and O–H groups in total. The van der Waals surface area contributed by atoms with Crippen molar-refractivity contribution in [3.8, 4) is 0 Å². The van der Waals surface area contributed by atoms with Gasteiger partial charge in [0.1, 0.15) is 5.82 Å². The summed E-state index contributed by atoms with van der Waals surface area (Å²) in [7, 11) is 1.60. The summed E-state index contributed by atoms with van der Waals surface area (Å²) in [6.45, 7) is 0. The van der Waals surface area contributed by atoms with Crippen molar-refractivity contribution >= 4 is 27.5 Å². The van der Waals surface area contributed by atoms with Crippen molar-refractivity contribution in [2.45, 2.75) is 6.42 Å². The van der Waals surface area contributed by atoms with Crippen LogP contribution >= 0.6 is 15.9 Å². The summed E-state index contributed by atoms with van der Waals surface area (Å²) in [6, 6.07) is 4.33. The van der Waals surface area contributed by atoms with Crippen LogP contribution in [0.4, 0.5) is 4.39 Å². The SMILES string of the molecule is CN1N=C(c2ccc(F)cc2Br)CC1=O. The number of rotatable bonds is 1. The van der Waals surface area contributed by atoms with Crippen LogP contribution < -0.4 is 0 Å². The van der Waals surface area contributed by atoms with Gasteiger partial charge in [-0.05, 0) is 18.2 Å². The summed E-state index contributed by atoms with van der Waals surface area (Å²) in [6.07, 6.45) is 0.265. The lowest BCUT2D eigenvalue weighted by Gasteiger charge is -2.02. The van der Waals surface area contributed by atoms with E-state index in [-0.39, 0.29) is 18.1 Å². The number of amides is 1. The average molecular weight is 271 g/mol. The van der Waals surface area contributed by atoms with Gasteiger partial charge in [-0.25, -0.2) is 9.40 Å².